The molecule has 0 N–H and O–H groups in total. The van der Waals surface area contributed by atoms with Crippen LogP contribution in [0.15, 0.2) is 25.0 Å². The summed E-state index contributed by atoms with van der Waals surface area (Å²) in [5.74, 6) is 0.688. The van der Waals surface area contributed by atoms with Crippen LogP contribution in [-0.2, 0) is 0 Å². The highest BCUT2D eigenvalue weighted by molar-refractivity contribution is 5.16. The van der Waals surface area contributed by atoms with Crippen LogP contribution >= 0.6 is 0 Å². The van der Waals surface area contributed by atoms with Crippen molar-refractivity contribution in [1.82, 2.24) is 24.7 Å². The molecule has 2 aromatic heterocycles. The number of hydrogen-bond acceptors (Lipinski definition) is 4. The van der Waals surface area contributed by atoms with Gasteiger partial charge in [-0.2, -0.15) is 5.10 Å². The Morgan fingerprint density at radius 2 is 2.17 bits per heavy atom. The summed E-state index contributed by atoms with van der Waals surface area (Å²) in [7, 11) is 0. The van der Waals surface area contributed by atoms with E-state index >= 15 is 0 Å². The van der Waals surface area contributed by atoms with Gasteiger partial charge in [0, 0.05) is 6.20 Å². The molecule has 0 saturated heterocycles. The Kier molecular flexibility index (Phi) is 1.55. The molecule has 2 aromatic rings. The van der Waals surface area contributed by atoms with Gasteiger partial charge in [0.05, 0.1) is 11.9 Å². The molecule has 2 heterocycles. The van der Waals surface area contributed by atoms with E-state index in [0.717, 1.165) is 5.69 Å². The Hall–Kier alpha value is -1.78. The molecule has 0 unspecified atom stereocenters. The van der Waals surface area contributed by atoms with E-state index in [2.05, 4.69) is 20.1 Å². The van der Waals surface area contributed by atoms with E-state index in [1.54, 1.807) is 23.4 Å². The standard InChI is InChI=1S/C7H7N5/c1-6-2-8-3-7(11-6)12-5-9-4-10-12/h2-5H,1H3. The minimum absolute atomic E-state index is 0.688. The molecular formula is C7H7N5. The smallest absolute Gasteiger partial charge is 0.173 e. The number of hydrogen-bond donors (Lipinski definition) is 0. The molecule has 0 bridgehead atoms. The second-order valence-electron chi connectivity index (χ2n) is 2.36. The number of aromatic nitrogens is 5. The lowest BCUT2D eigenvalue weighted by Crippen LogP contribution is -1.99. The largest absolute Gasteiger partial charge is 0.259 e. The first-order chi connectivity index (χ1) is 5.86. The van der Waals surface area contributed by atoms with Crippen LogP contribution in [0.1, 0.15) is 5.69 Å². The predicted molar refractivity (Wildman–Crippen MR) is 41.7 cm³/mol. The second kappa shape index (κ2) is 2.69. The summed E-state index contributed by atoms with van der Waals surface area (Å²) in [4.78, 5) is 12.0. The Balaban J connectivity index is 2.48. The van der Waals surface area contributed by atoms with Gasteiger partial charge in [0.25, 0.3) is 0 Å². The molecule has 12 heavy (non-hydrogen) atoms. The number of rotatable bonds is 1. The van der Waals surface area contributed by atoms with E-state index in [4.69, 9.17) is 0 Å². The van der Waals surface area contributed by atoms with Crippen molar-refractivity contribution in [3.8, 4) is 5.82 Å². The van der Waals surface area contributed by atoms with Gasteiger partial charge in [0.2, 0.25) is 0 Å². The average Bonchev–Trinajstić information content (AvgIpc) is 2.56. The predicted octanol–water partition coefficient (Wildman–Crippen LogP) is 0.366. The zero-order chi connectivity index (χ0) is 8.39. The molecule has 0 aliphatic carbocycles. The van der Waals surface area contributed by atoms with Crippen LogP contribution in [0.5, 0.6) is 0 Å². The molecule has 0 saturated carbocycles. The van der Waals surface area contributed by atoms with E-state index < -0.39 is 0 Å². The van der Waals surface area contributed by atoms with Gasteiger partial charge in [-0.1, -0.05) is 0 Å². The molecule has 0 radical (unpaired) electrons. The van der Waals surface area contributed by atoms with Crippen molar-refractivity contribution in [1.29, 1.82) is 0 Å². The summed E-state index contributed by atoms with van der Waals surface area (Å²) in [6, 6.07) is 0. The maximum absolute atomic E-state index is 4.21. The van der Waals surface area contributed by atoms with Crippen molar-refractivity contribution in [2.45, 2.75) is 6.92 Å². The van der Waals surface area contributed by atoms with E-state index in [0.29, 0.717) is 5.82 Å². The molecule has 0 spiro atoms. The molecule has 0 aliphatic rings. The average molecular weight is 161 g/mol. The zero-order valence-corrected chi connectivity index (χ0v) is 6.55. The Morgan fingerprint density at radius 1 is 1.25 bits per heavy atom. The van der Waals surface area contributed by atoms with Crippen molar-refractivity contribution in [3.05, 3.63) is 30.7 Å². The Morgan fingerprint density at radius 3 is 2.83 bits per heavy atom. The molecule has 0 aliphatic heterocycles. The van der Waals surface area contributed by atoms with Crippen LogP contribution in [0, 0.1) is 6.92 Å². The van der Waals surface area contributed by atoms with Crippen LogP contribution in [0.25, 0.3) is 5.82 Å². The van der Waals surface area contributed by atoms with Gasteiger partial charge in [-0.15, -0.1) is 0 Å². The van der Waals surface area contributed by atoms with E-state index in [1.165, 1.54) is 6.33 Å². The third kappa shape index (κ3) is 1.16. The summed E-state index contributed by atoms with van der Waals surface area (Å²) in [5.41, 5.74) is 0.864. The molecular weight excluding hydrogens is 154 g/mol. The summed E-state index contributed by atoms with van der Waals surface area (Å²) in [6.07, 6.45) is 6.38. The van der Waals surface area contributed by atoms with Crippen LogP contribution in [-0.4, -0.2) is 24.7 Å². The van der Waals surface area contributed by atoms with Gasteiger partial charge < -0.3 is 0 Å². The number of nitrogens with zero attached hydrogens (tertiary/aromatic N) is 5. The minimum atomic E-state index is 0.688. The van der Waals surface area contributed by atoms with Gasteiger partial charge in [-0.05, 0) is 6.92 Å². The lowest BCUT2D eigenvalue weighted by Gasteiger charge is -1.97. The van der Waals surface area contributed by atoms with E-state index in [9.17, 15) is 0 Å². The van der Waals surface area contributed by atoms with E-state index in [-0.39, 0.29) is 0 Å². The molecule has 0 fully saturated rings. The molecule has 60 valence electrons. The monoisotopic (exact) mass is 161 g/mol. The lowest BCUT2D eigenvalue weighted by molar-refractivity contribution is 0.828. The van der Waals surface area contributed by atoms with Gasteiger partial charge in [0.15, 0.2) is 5.82 Å². The molecule has 0 atom stereocenters. The summed E-state index contributed by atoms with van der Waals surface area (Å²) < 4.78 is 1.57. The van der Waals surface area contributed by atoms with Crippen LogP contribution in [0.2, 0.25) is 0 Å². The fourth-order valence-corrected chi connectivity index (χ4v) is 0.887. The van der Waals surface area contributed by atoms with Crippen molar-refractivity contribution < 1.29 is 0 Å². The third-order valence-electron chi connectivity index (χ3n) is 1.40. The molecule has 5 heteroatoms. The topological polar surface area (TPSA) is 56.5 Å². The normalized spacial score (nSPS) is 10.1. The fraction of sp³-hybridized carbons (Fsp3) is 0.143. The summed E-state index contributed by atoms with van der Waals surface area (Å²) in [5, 5.41) is 3.93. The fourth-order valence-electron chi connectivity index (χ4n) is 0.887. The zero-order valence-electron chi connectivity index (χ0n) is 6.55. The number of aryl methyl sites for hydroxylation is 1. The first kappa shape index (κ1) is 6.90. The third-order valence-corrected chi connectivity index (χ3v) is 1.40. The summed E-state index contributed by atoms with van der Waals surface area (Å²) in [6.45, 7) is 1.88. The van der Waals surface area contributed by atoms with Crippen LogP contribution < -0.4 is 0 Å². The van der Waals surface area contributed by atoms with Crippen LogP contribution in [0.3, 0.4) is 0 Å². The minimum Gasteiger partial charge on any atom is -0.259 e. The summed E-state index contributed by atoms with van der Waals surface area (Å²) >= 11 is 0. The molecule has 0 amide bonds. The molecule has 0 aromatic carbocycles. The van der Waals surface area contributed by atoms with Crippen molar-refractivity contribution in [2.24, 2.45) is 0 Å². The van der Waals surface area contributed by atoms with Gasteiger partial charge >= 0.3 is 0 Å². The molecule has 2 rings (SSSR count). The first-order valence-corrected chi connectivity index (χ1v) is 3.50. The maximum atomic E-state index is 4.21. The first-order valence-electron chi connectivity index (χ1n) is 3.50. The van der Waals surface area contributed by atoms with Crippen molar-refractivity contribution in [2.75, 3.05) is 0 Å². The second-order valence-corrected chi connectivity index (χ2v) is 2.36. The Bertz CT molecular complexity index is 367. The quantitative estimate of drug-likeness (QED) is 0.606. The van der Waals surface area contributed by atoms with Crippen molar-refractivity contribution in [3.63, 3.8) is 0 Å². The Labute approximate surface area is 69.1 Å². The SMILES string of the molecule is Cc1cncc(-n2cncn2)n1. The van der Waals surface area contributed by atoms with Gasteiger partial charge in [-0.25, -0.2) is 14.6 Å². The maximum Gasteiger partial charge on any atom is 0.173 e. The molecule has 5 nitrogen and oxygen atoms in total. The highest BCUT2D eigenvalue weighted by Gasteiger charge is 1.97. The van der Waals surface area contributed by atoms with Gasteiger partial charge in [-0.3, -0.25) is 4.98 Å². The van der Waals surface area contributed by atoms with E-state index in [1.807, 2.05) is 6.92 Å². The highest BCUT2D eigenvalue weighted by Crippen LogP contribution is 1.98. The lowest BCUT2D eigenvalue weighted by atomic mass is 10.5. The van der Waals surface area contributed by atoms with Crippen LogP contribution in [0.4, 0.5) is 0 Å². The van der Waals surface area contributed by atoms with Gasteiger partial charge in [0.1, 0.15) is 12.7 Å². The highest BCUT2D eigenvalue weighted by atomic mass is 15.3. The van der Waals surface area contributed by atoms with Crippen molar-refractivity contribution >= 4 is 0 Å².